The van der Waals surface area contributed by atoms with Gasteiger partial charge in [0.15, 0.2) is 5.75 Å². The molecule has 0 aliphatic heterocycles. The summed E-state index contributed by atoms with van der Waals surface area (Å²) in [5.41, 5.74) is 0. The third-order valence-corrected chi connectivity index (χ3v) is 3.05. The molecule has 0 saturated heterocycles. The van der Waals surface area contributed by atoms with Crippen LogP contribution in [0.1, 0.15) is 13.3 Å². The van der Waals surface area contributed by atoms with Crippen LogP contribution in [-0.4, -0.2) is 6.61 Å². The fourth-order valence-electron chi connectivity index (χ4n) is 0.886. The monoisotopic (exact) mass is 272 g/mol. The lowest BCUT2D eigenvalue weighted by Gasteiger charge is -2.10. The molecular weight excluding hydrogens is 266 g/mol. The molecule has 14 heavy (non-hydrogen) atoms. The maximum absolute atomic E-state index is 5.91. The van der Waals surface area contributed by atoms with E-state index < -0.39 is 0 Å². The van der Waals surface area contributed by atoms with Crippen LogP contribution >= 0.6 is 46.4 Å². The molecule has 0 amide bonds. The van der Waals surface area contributed by atoms with Crippen molar-refractivity contribution in [1.29, 1.82) is 0 Å². The van der Waals surface area contributed by atoms with Gasteiger partial charge in [0.05, 0.1) is 21.7 Å². The van der Waals surface area contributed by atoms with Gasteiger partial charge in [0.1, 0.15) is 5.02 Å². The van der Waals surface area contributed by atoms with E-state index in [1.165, 1.54) is 6.07 Å². The molecule has 78 valence electrons. The molecule has 0 aromatic heterocycles. The van der Waals surface area contributed by atoms with Gasteiger partial charge in [-0.15, -0.1) is 0 Å². The fourth-order valence-corrected chi connectivity index (χ4v) is 1.90. The number of halogens is 4. The molecule has 1 nitrogen and oxygen atoms in total. The predicted molar refractivity (Wildman–Crippen MR) is 62.3 cm³/mol. The van der Waals surface area contributed by atoms with Gasteiger partial charge in [-0.2, -0.15) is 0 Å². The summed E-state index contributed by atoms with van der Waals surface area (Å²) in [6.45, 7) is 2.52. The Bertz CT molecular complexity index is 338. The first-order valence-electron chi connectivity index (χ1n) is 4.03. The fraction of sp³-hybridized carbons (Fsp3) is 0.333. The summed E-state index contributed by atoms with van der Waals surface area (Å²) in [5.74, 6) is 0.393. The minimum atomic E-state index is 0.262. The lowest BCUT2D eigenvalue weighted by molar-refractivity contribution is 0.318. The van der Waals surface area contributed by atoms with E-state index in [0.717, 1.165) is 6.42 Å². The first kappa shape index (κ1) is 12.3. The second-order valence-corrected chi connectivity index (χ2v) is 4.22. The van der Waals surface area contributed by atoms with Crippen LogP contribution in [0.5, 0.6) is 5.75 Å². The zero-order chi connectivity index (χ0) is 10.7. The van der Waals surface area contributed by atoms with E-state index in [9.17, 15) is 0 Å². The first-order chi connectivity index (χ1) is 6.57. The molecule has 1 aromatic carbocycles. The lowest BCUT2D eigenvalue weighted by atomic mass is 10.3. The standard InChI is InChI=1S/C9H8Cl4O/c1-2-3-14-9-6(11)4-5(10)7(12)8(9)13/h4H,2-3H2,1H3. The van der Waals surface area contributed by atoms with Gasteiger partial charge in [-0.05, 0) is 12.5 Å². The first-order valence-corrected chi connectivity index (χ1v) is 5.55. The van der Waals surface area contributed by atoms with Crippen molar-refractivity contribution in [2.24, 2.45) is 0 Å². The molecule has 0 aliphatic rings. The molecule has 1 aromatic rings. The average molecular weight is 274 g/mol. The summed E-state index contributed by atoms with van der Waals surface area (Å²) < 4.78 is 5.35. The number of ether oxygens (including phenoxy) is 1. The van der Waals surface area contributed by atoms with E-state index in [2.05, 4.69) is 0 Å². The van der Waals surface area contributed by atoms with Crippen LogP contribution in [0.15, 0.2) is 6.07 Å². The van der Waals surface area contributed by atoms with E-state index >= 15 is 0 Å². The molecule has 0 spiro atoms. The van der Waals surface area contributed by atoms with Gasteiger partial charge in [-0.25, -0.2) is 0 Å². The van der Waals surface area contributed by atoms with Crippen molar-refractivity contribution >= 4 is 46.4 Å². The lowest BCUT2D eigenvalue weighted by Crippen LogP contribution is -1.96. The predicted octanol–water partition coefficient (Wildman–Crippen LogP) is 5.09. The zero-order valence-electron chi connectivity index (χ0n) is 7.41. The minimum Gasteiger partial charge on any atom is -0.490 e. The normalized spacial score (nSPS) is 10.4. The molecule has 0 atom stereocenters. The molecule has 0 aliphatic carbocycles. The molecule has 0 fully saturated rings. The Morgan fingerprint density at radius 2 is 1.71 bits per heavy atom. The van der Waals surface area contributed by atoms with Gasteiger partial charge >= 0.3 is 0 Å². The summed E-state index contributed by atoms with van der Waals surface area (Å²) in [6, 6.07) is 1.52. The van der Waals surface area contributed by atoms with Crippen molar-refractivity contribution in [3.8, 4) is 5.75 Å². The summed E-state index contributed by atoms with van der Waals surface area (Å²) in [5, 5.41) is 1.23. The molecule has 0 unspecified atom stereocenters. The van der Waals surface area contributed by atoms with Crippen LogP contribution in [0.2, 0.25) is 20.1 Å². The summed E-state index contributed by atoms with van der Waals surface area (Å²) in [4.78, 5) is 0. The van der Waals surface area contributed by atoms with E-state index in [-0.39, 0.29) is 10.0 Å². The SMILES string of the molecule is CCCOc1c(Cl)cc(Cl)c(Cl)c1Cl. The molecule has 0 heterocycles. The van der Waals surface area contributed by atoms with Gasteiger partial charge in [0.2, 0.25) is 0 Å². The number of hydrogen-bond donors (Lipinski definition) is 0. The Hall–Kier alpha value is 0.180. The minimum absolute atomic E-state index is 0.262. The van der Waals surface area contributed by atoms with E-state index in [4.69, 9.17) is 51.1 Å². The second-order valence-electron chi connectivity index (χ2n) is 2.65. The second kappa shape index (κ2) is 5.32. The Kier molecular flexibility index (Phi) is 4.65. The van der Waals surface area contributed by atoms with Crippen LogP contribution in [0, 0.1) is 0 Å². The van der Waals surface area contributed by atoms with Gasteiger partial charge in [0.25, 0.3) is 0 Å². The third kappa shape index (κ3) is 2.60. The molecule has 0 radical (unpaired) electrons. The van der Waals surface area contributed by atoms with Gasteiger partial charge in [0, 0.05) is 0 Å². The molecule has 0 saturated carbocycles. The molecular formula is C9H8Cl4O. The maximum atomic E-state index is 5.91. The molecule has 0 N–H and O–H groups in total. The summed E-state index contributed by atoms with van der Waals surface area (Å²) in [7, 11) is 0. The average Bonchev–Trinajstić information content (AvgIpc) is 2.14. The summed E-state index contributed by atoms with van der Waals surface area (Å²) >= 11 is 23.4. The van der Waals surface area contributed by atoms with Crippen molar-refractivity contribution in [2.75, 3.05) is 6.61 Å². The van der Waals surface area contributed by atoms with Crippen LogP contribution in [0.4, 0.5) is 0 Å². The van der Waals surface area contributed by atoms with Crippen molar-refractivity contribution in [3.05, 3.63) is 26.2 Å². The highest BCUT2D eigenvalue weighted by Crippen LogP contribution is 2.42. The van der Waals surface area contributed by atoms with Crippen molar-refractivity contribution in [3.63, 3.8) is 0 Å². The van der Waals surface area contributed by atoms with Gasteiger partial charge < -0.3 is 4.74 Å². The Labute approximate surface area is 103 Å². The third-order valence-electron chi connectivity index (χ3n) is 1.52. The van der Waals surface area contributed by atoms with Gasteiger partial charge in [-0.3, -0.25) is 0 Å². The topological polar surface area (TPSA) is 9.23 Å². The van der Waals surface area contributed by atoms with Crippen molar-refractivity contribution < 1.29 is 4.74 Å². The summed E-state index contributed by atoms with van der Waals surface area (Å²) in [6.07, 6.45) is 0.868. The van der Waals surface area contributed by atoms with E-state index in [1.54, 1.807) is 0 Å². The Morgan fingerprint density at radius 3 is 2.29 bits per heavy atom. The molecule has 5 heteroatoms. The van der Waals surface area contributed by atoms with Crippen LogP contribution in [-0.2, 0) is 0 Å². The van der Waals surface area contributed by atoms with Gasteiger partial charge in [-0.1, -0.05) is 53.3 Å². The maximum Gasteiger partial charge on any atom is 0.158 e. The Balaban J connectivity index is 3.09. The van der Waals surface area contributed by atoms with E-state index in [1.807, 2.05) is 6.92 Å². The smallest absolute Gasteiger partial charge is 0.158 e. The number of hydrogen-bond acceptors (Lipinski definition) is 1. The number of benzene rings is 1. The highest BCUT2D eigenvalue weighted by Gasteiger charge is 2.14. The van der Waals surface area contributed by atoms with E-state index in [0.29, 0.717) is 22.4 Å². The Morgan fingerprint density at radius 1 is 1.07 bits per heavy atom. The van der Waals surface area contributed by atoms with Crippen LogP contribution in [0.3, 0.4) is 0 Å². The highest BCUT2D eigenvalue weighted by molar-refractivity contribution is 6.50. The number of rotatable bonds is 3. The largest absolute Gasteiger partial charge is 0.490 e. The quantitative estimate of drug-likeness (QED) is 0.551. The molecule has 0 bridgehead atoms. The van der Waals surface area contributed by atoms with Crippen LogP contribution in [0.25, 0.3) is 0 Å². The van der Waals surface area contributed by atoms with Crippen molar-refractivity contribution in [2.45, 2.75) is 13.3 Å². The molecule has 1 rings (SSSR count). The highest BCUT2D eigenvalue weighted by atomic mass is 35.5. The zero-order valence-corrected chi connectivity index (χ0v) is 10.4. The van der Waals surface area contributed by atoms with Crippen LogP contribution < -0.4 is 4.74 Å². The van der Waals surface area contributed by atoms with Crippen molar-refractivity contribution in [1.82, 2.24) is 0 Å².